The van der Waals surface area contributed by atoms with Crippen LogP contribution in [0.4, 0.5) is 5.82 Å². The molecule has 90 valence electrons. The summed E-state index contributed by atoms with van der Waals surface area (Å²) in [6.07, 6.45) is 2.16. The van der Waals surface area contributed by atoms with Gasteiger partial charge in [-0.2, -0.15) is 0 Å². The fourth-order valence-electron chi connectivity index (χ4n) is 2.28. The molecule has 0 saturated carbocycles. The number of anilines is 1. The van der Waals surface area contributed by atoms with Crippen LogP contribution in [0.1, 0.15) is 10.4 Å². The third kappa shape index (κ3) is 1.77. The number of nitrogens with one attached hydrogen (secondary N) is 2. The molecule has 1 amide bonds. The fourth-order valence-corrected chi connectivity index (χ4v) is 2.66. The Morgan fingerprint density at radius 3 is 3.24 bits per heavy atom. The summed E-state index contributed by atoms with van der Waals surface area (Å²) in [4.78, 5) is 18.7. The Labute approximate surface area is 104 Å². The van der Waals surface area contributed by atoms with Crippen LogP contribution in [0, 0.1) is 0 Å². The number of hydrogen-bond donors (Lipinski definition) is 2. The van der Waals surface area contributed by atoms with Crippen molar-refractivity contribution in [2.24, 2.45) is 0 Å². The van der Waals surface area contributed by atoms with Gasteiger partial charge in [-0.15, -0.1) is 11.8 Å². The van der Waals surface area contributed by atoms with Crippen molar-refractivity contribution in [3.63, 3.8) is 0 Å². The third-order valence-corrected chi connectivity index (χ3v) is 3.79. The van der Waals surface area contributed by atoms with Crippen LogP contribution >= 0.6 is 11.8 Å². The lowest BCUT2D eigenvalue weighted by Gasteiger charge is -2.23. The van der Waals surface area contributed by atoms with E-state index in [0.29, 0.717) is 12.1 Å². The van der Waals surface area contributed by atoms with Crippen LogP contribution in [0.2, 0.25) is 0 Å². The number of fused-ring (bicyclic) bond motifs is 3. The van der Waals surface area contributed by atoms with Crippen molar-refractivity contribution < 1.29 is 4.79 Å². The van der Waals surface area contributed by atoms with Crippen LogP contribution in [0.5, 0.6) is 0 Å². The number of aromatic nitrogens is 1. The second kappa shape index (κ2) is 4.19. The van der Waals surface area contributed by atoms with Crippen LogP contribution in [0.3, 0.4) is 0 Å². The summed E-state index contributed by atoms with van der Waals surface area (Å²) in [5.74, 6) is 0.776. The SMILES string of the molecule is CSc1ccc2c(n1)N1CCNC1CNC2=O. The van der Waals surface area contributed by atoms with Crippen LogP contribution < -0.4 is 15.5 Å². The maximum Gasteiger partial charge on any atom is 0.255 e. The molecule has 2 N–H and O–H groups in total. The molecule has 2 aliphatic rings. The lowest BCUT2D eigenvalue weighted by Crippen LogP contribution is -2.42. The van der Waals surface area contributed by atoms with Gasteiger partial charge in [-0.05, 0) is 18.4 Å². The minimum Gasteiger partial charge on any atom is -0.348 e. The summed E-state index contributed by atoms with van der Waals surface area (Å²) >= 11 is 1.59. The van der Waals surface area contributed by atoms with Gasteiger partial charge in [0, 0.05) is 13.1 Å². The van der Waals surface area contributed by atoms with E-state index in [1.165, 1.54) is 0 Å². The summed E-state index contributed by atoms with van der Waals surface area (Å²) in [6.45, 7) is 2.46. The molecular formula is C11H14N4OS. The number of rotatable bonds is 1. The molecule has 1 atom stereocenters. The average molecular weight is 250 g/mol. The van der Waals surface area contributed by atoms with Gasteiger partial charge in [-0.1, -0.05) is 0 Å². The molecule has 1 aromatic rings. The van der Waals surface area contributed by atoms with Gasteiger partial charge in [0.15, 0.2) is 0 Å². The summed E-state index contributed by atoms with van der Waals surface area (Å²) < 4.78 is 0. The zero-order chi connectivity index (χ0) is 11.8. The maximum absolute atomic E-state index is 11.9. The molecule has 0 spiro atoms. The summed E-state index contributed by atoms with van der Waals surface area (Å²) in [7, 11) is 0. The van der Waals surface area contributed by atoms with Crippen molar-refractivity contribution in [1.82, 2.24) is 15.6 Å². The highest BCUT2D eigenvalue weighted by atomic mass is 32.2. The topological polar surface area (TPSA) is 57.3 Å². The van der Waals surface area contributed by atoms with Gasteiger partial charge in [0.1, 0.15) is 5.82 Å². The second-order valence-corrected chi connectivity index (χ2v) is 4.92. The smallest absolute Gasteiger partial charge is 0.255 e. The molecule has 1 aromatic heterocycles. The number of thioether (sulfide) groups is 1. The predicted octanol–water partition coefficient (Wildman–Crippen LogP) is 0.283. The molecule has 0 aliphatic carbocycles. The van der Waals surface area contributed by atoms with E-state index in [0.717, 1.165) is 23.9 Å². The first-order valence-electron chi connectivity index (χ1n) is 5.63. The number of nitrogens with zero attached hydrogens (tertiary/aromatic N) is 2. The number of carbonyl (C=O) groups excluding carboxylic acids is 1. The normalized spacial score (nSPS) is 22.8. The highest BCUT2D eigenvalue weighted by Crippen LogP contribution is 2.26. The minimum atomic E-state index is -0.0312. The molecule has 0 bridgehead atoms. The number of pyridine rings is 1. The van der Waals surface area contributed by atoms with Crippen molar-refractivity contribution in [2.75, 3.05) is 30.8 Å². The molecule has 1 fully saturated rings. The second-order valence-electron chi connectivity index (χ2n) is 4.10. The van der Waals surface area contributed by atoms with E-state index < -0.39 is 0 Å². The minimum absolute atomic E-state index is 0.0312. The Morgan fingerprint density at radius 2 is 2.41 bits per heavy atom. The predicted molar refractivity (Wildman–Crippen MR) is 67.5 cm³/mol. The van der Waals surface area contributed by atoms with Gasteiger partial charge in [-0.3, -0.25) is 10.1 Å². The van der Waals surface area contributed by atoms with Crippen molar-refractivity contribution in [3.05, 3.63) is 17.7 Å². The van der Waals surface area contributed by atoms with E-state index in [1.54, 1.807) is 11.8 Å². The first-order valence-corrected chi connectivity index (χ1v) is 6.85. The Kier molecular flexibility index (Phi) is 2.68. The van der Waals surface area contributed by atoms with Crippen LogP contribution in [-0.2, 0) is 0 Å². The Morgan fingerprint density at radius 1 is 1.53 bits per heavy atom. The first kappa shape index (κ1) is 10.9. The number of carbonyl (C=O) groups is 1. The monoisotopic (exact) mass is 250 g/mol. The van der Waals surface area contributed by atoms with Gasteiger partial charge < -0.3 is 10.2 Å². The van der Waals surface area contributed by atoms with Crippen molar-refractivity contribution in [1.29, 1.82) is 0 Å². The molecule has 3 heterocycles. The van der Waals surface area contributed by atoms with Crippen molar-refractivity contribution in [3.8, 4) is 0 Å². The molecule has 0 aromatic carbocycles. The lowest BCUT2D eigenvalue weighted by atomic mass is 10.2. The summed E-state index contributed by atoms with van der Waals surface area (Å²) in [5, 5.41) is 7.23. The van der Waals surface area contributed by atoms with Crippen LogP contribution in [-0.4, -0.2) is 42.9 Å². The molecule has 6 heteroatoms. The average Bonchev–Trinajstić information content (AvgIpc) is 2.79. The molecule has 3 rings (SSSR count). The van der Waals surface area contributed by atoms with E-state index in [9.17, 15) is 4.79 Å². The molecule has 17 heavy (non-hydrogen) atoms. The number of amides is 1. The van der Waals surface area contributed by atoms with Gasteiger partial charge in [0.05, 0.1) is 23.3 Å². The van der Waals surface area contributed by atoms with Crippen molar-refractivity contribution in [2.45, 2.75) is 11.2 Å². The van der Waals surface area contributed by atoms with Crippen LogP contribution in [0.25, 0.3) is 0 Å². The van der Waals surface area contributed by atoms with Gasteiger partial charge in [0.25, 0.3) is 5.91 Å². The molecule has 1 saturated heterocycles. The van der Waals surface area contributed by atoms with Crippen LogP contribution in [0.15, 0.2) is 17.2 Å². The van der Waals surface area contributed by atoms with E-state index in [4.69, 9.17) is 0 Å². The zero-order valence-corrected chi connectivity index (χ0v) is 10.4. The largest absolute Gasteiger partial charge is 0.348 e. The maximum atomic E-state index is 11.9. The highest BCUT2D eigenvalue weighted by Gasteiger charge is 2.32. The fraction of sp³-hybridized carbons (Fsp3) is 0.455. The highest BCUT2D eigenvalue weighted by molar-refractivity contribution is 7.98. The third-order valence-electron chi connectivity index (χ3n) is 3.14. The molecule has 2 aliphatic heterocycles. The zero-order valence-electron chi connectivity index (χ0n) is 9.56. The number of hydrogen-bond acceptors (Lipinski definition) is 5. The molecule has 5 nitrogen and oxygen atoms in total. The molecule has 1 unspecified atom stereocenters. The molecule has 0 radical (unpaired) electrons. The van der Waals surface area contributed by atoms with E-state index in [2.05, 4.69) is 20.5 Å². The standard InChI is InChI=1S/C11H14N4OS/c1-17-9-3-2-7-10(14-9)15-5-4-12-8(15)6-13-11(7)16/h2-3,8,12H,4-6H2,1H3,(H,13,16). The van der Waals surface area contributed by atoms with Gasteiger partial charge in [0.2, 0.25) is 0 Å². The first-order chi connectivity index (χ1) is 8.29. The van der Waals surface area contributed by atoms with E-state index in [1.807, 2.05) is 18.4 Å². The summed E-state index contributed by atoms with van der Waals surface area (Å²) in [5.41, 5.74) is 0.675. The summed E-state index contributed by atoms with van der Waals surface area (Å²) in [6, 6.07) is 3.76. The van der Waals surface area contributed by atoms with Gasteiger partial charge >= 0.3 is 0 Å². The Hall–Kier alpha value is -1.27. The Bertz CT molecular complexity index is 465. The lowest BCUT2D eigenvalue weighted by molar-refractivity contribution is 0.0954. The quantitative estimate of drug-likeness (QED) is 0.701. The molecular weight excluding hydrogens is 236 g/mol. The van der Waals surface area contributed by atoms with Crippen molar-refractivity contribution >= 4 is 23.5 Å². The van der Waals surface area contributed by atoms with E-state index >= 15 is 0 Å². The van der Waals surface area contributed by atoms with E-state index in [-0.39, 0.29) is 12.1 Å². The van der Waals surface area contributed by atoms with Gasteiger partial charge in [-0.25, -0.2) is 4.98 Å². The Balaban J connectivity index is 2.10.